The number of halogens is 1. The van der Waals surface area contributed by atoms with Crippen LogP contribution in [-0.4, -0.2) is 35.6 Å². The minimum Gasteiger partial charge on any atom is -0.388 e. The van der Waals surface area contributed by atoms with Gasteiger partial charge in [0.05, 0.1) is 5.71 Å². The minimum atomic E-state index is -0.436. The molecule has 2 aliphatic rings. The van der Waals surface area contributed by atoms with Crippen molar-refractivity contribution in [2.75, 3.05) is 13.1 Å². The third-order valence-corrected chi connectivity index (χ3v) is 5.80. The van der Waals surface area contributed by atoms with Gasteiger partial charge < -0.3 is 15.0 Å². The second kappa shape index (κ2) is 8.43. The molecule has 0 aliphatic carbocycles. The maximum atomic E-state index is 12.1. The van der Waals surface area contributed by atoms with Crippen LogP contribution in [0.25, 0.3) is 0 Å². The van der Waals surface area contributed by atoms with Crippen LogP contribution < -0.4 is 5.32 Å². The van der Waals surface area contributed by atoms with Gasteiger partial charge in [-0.05, 0) is 35.7 Å². The number of hydrogen-bond donors (Lipinski definition) is 1. The summed E-state index contributed by atoms with van der Waals surface area (Å²) in [7, 11) is 0. The van der Waals surface area contributed by atoms with Gasteiger partial charge in [-0.25, -0.2) is 4.79 Å². The normalized spacial score (nSPS) is 18.2. The van der Waals surface area contributed by atoms with Gasteiger partial charge in [-0.2, -0.15) is 0 Å². The number of benzene rings is 2. The Morgan fingerprint density at radius 3 is 2.66 bits per heavy atom. The van der Waals surface area contributed by atoms with Crippen molar-refractivity contribution in [3.63, 3.8) is 0 Å². The van der Waals surface area contributed by atoms with Crippen LogP contribution in [0.5, 0.6) is 0 Å². The molecule has 2 heterocycles. The van der Waals surface area contributed by atoms with Crippen LogP contribution in [0.4, 0.5) is 4.79 Å². The number of hydroxylamine groups is 2. The van der Waals surface area contributed by atoms with Crippen molar-refractivity contribution in [3.05, 3.63) is 70.2 Å². The highest BCUT2D eigenvalue weighted by molar-refractivity contribution is 6.30. The monoisotopic (exact) mass is 413 g/mol. The third kappa shape index (κ3) is 4.71. The summed E-state index contributed by atoms with van der Waals surface area (Å²) in [5, 5.41) is 9.52. The summed E-state index contributed by atoms with van der Waals surface area (Å²) >= 11 is 5.96. The summed E-state index contributed by atoms with van der Waals surface area (Å²) in [6, 6.07) is 15.6. The highest BCUT2D eigenvalue weighted by atomic mass is 35.5. The van der Waals surface area contributed by atoms with Gasteiger partial charge in [0.1, 0.15) is 5.60 Å². The molecule has 1 spiro atoms. The number of aryl methyl sites for hydroxylation is 1. The van der Waals surface area contributed by atoms with Crippen LogP contribution >= 0.6 is 11.6 Å². The molecule has 7 heteroatoms. The van der Waals surface area contributed by atoms with Gasteiger partial charge in [0.15, 0.2) is 0 Å². The van der Waals surface area contributed by atoms with Gasteiger partial charge in [0, 0.05) is 43.9 Å². The smallest absolute Gasteiger partial charge is 0.388 e. The lowest BCUT2D eigenvalue weighted by molar-refractivity contribution is -0.157. The van der Waals surface area contributed by atoms with E-state index in [1.54, 1.807) is 5.06 Å². The number of oxime groups is 1. The number of piperidine rings is 1. The zero-order valence-corrected chi connectivity index (χ0v) is 17.1. The first-order valence-electron chi connectivity index (χ1n) is 9.79. The summed E-state index contributed by atoms with van der Waals surface area (Å²) < 4.78 is 0. The first-order chi connectivity index (χ1) is 14.0. The Hall–Kier alpha value is -2.57. The lowest BCUT2D eigenvalue weighted by Crippen LogP contribution is -2.46. The van der Waals surface area contributed by atoms with Crippen LogP contribution in [0.15, 0.2) is 53.7 Å². The summed E-state index contributed by atoms with van der Waals surface area (Å²) in [5.41, 5.74) is 3.87. The summed E-state index contributed by atoms with van der Waals surface area (Å²) in [6.45, 7) is 3.70. The lowest BCUT2D eigenvalue weighted by Gasteiger charge is -2.35. The Labute approximate surface area is 175 Å². The van der Waals surface area contributed by atoms with Crippen molar-refractivity contribution >= 4 is 23.4 Å². The Balaban J connectivity index is 1.24. The van der Waals surface area contributed by atoms with E-state index in [9.17, 15) is 4.79 Å². The Morgan fingerprint density at radius 2 is 1.93 bits per heavy atom. The molecule has 1 N–H and O–H groups in total. The molecule has 0 saturated carbocycles. The maximum Gasteiger partial charge on any atom is 0.426 e. The van der Waals surface area contributed by atoms with Crippen LogP contribution in [0, 0.1) is 6.92 Å². The van der Waals surface area contributed by atoms with Crippen molar-refractivity contribution in [2.24, 2.45) is 5.16 Å². The quantitative estimate of drug-likeness (QED) is 0.804. The molecular formula is C22H24ClN3O3. The molecule has 1 amide bonds. The molecule has 1 saturated heterocycles. The molecule has 4 rings (SSSR count). The molecule has 0 radical (unpaired) electrons. The van der Waals surface area contributed by atoms with Gasteiger partial charge in [-0.3, -0.25) is 0 Å². The summed E-state index contributed by atoms with van der Waals surface area (Å²) in [6.07, 6.45) is 1.81. The number of carbonyl (C=O) groups excluding carboxylic acids is 1. The fourth-order valence-electron chi connectivity index (χ4n) is 3.70. The van der Waals surface area contributed by atoms with Gasteiger partial charge in [-0.1, -0.05) is 53.2 Å². The molecule has 6 nitrogen and oxygen atoms in total. The number of nitrogens with one attached hydrogen (secondary N) is 1. The van der Waals surface area contributed by atoms with Crippen LogP contribution in [0.1, 0.15) is 36.0 Å². The van der Waals surface area contributed by atoms with E-state index < -0.39 is 6.09 Å². The van der Waals surface area contributed by atoms with E-state index in [1.165, 1.54) is 0 Å². The number of nitrogens with zero attached hydrogens (tertiary/aromatic N) is 2. The van der Waals surface area contributed by atoms with Gasteiger partial charge >= 0.3 is 6.09 Å². The van der Waals surface area contributed by atoms with Crippen molar-refractivity contribution in [1.82, 2.24) is 10.4 Å². The van der Waals surface area contributed by atoms with Crippen molar-refractivity contribution < 1.29 is 14.5 Å². The standard InChI is InChI=1S/C22H24ClN3O3/c1-16-4-2-3-5-18(16)15-24-21(27)28-26-12-10-22(11-13-26)14-20(25-29-22)17-6-8-19(23)9-7-17/h2-9H,10-15H2,1H3,(H,24,27). The lowest BCUT2D eigenvalue weighted by atomic mass is 9.86. The number of amides is 1. The highest BCUT2D eigenvalue weighted by Crippen LogP contribution is 2.36. The van der Waals surface area contributed by atoms with Crippen molar-refractivity contribution in [3.8, 4) is 0 Å². The highest BCUT2D eigenvalue weighted by Gasteiger charge is 2.43. The van der Waals surface area contributed by atoms with E-state index >= 15 is 0 Å². The summed E-state index contributed by atoms with van der Waals surface area (Å²) in [5.74, 6) is 0. The SMILES string of the molecule is Cc1ccccc1CNC(=O)ON1CCC2(CC1)CC(c1ccc(Cl)cc1)=NO2. The molecule has 2 aromatic carbocycles. The average Bonchev–Trinajstić information content (AvgIpc) is 3.14. The second-order valence-electron chi connectivity index (χ2n) is 7.58. The maximum absolute atomic E-state index is 12.1. The fourth-order valence-corrected chi connectivity index (χ4v) is 3.82. The number of carbonyl (C=O) groups is 1. The van der Waals surface area contributed by atoms with Gasteiger partial charge in [0.25, 0.3) is 0 Å². The molecule has 0 aromatic heterocycles. The first-order valence-corrected chi connectivity index (χ1v) is 10.2. The first kappa shape index (κ1) is 19.7. The zero-order chi connectivity index (χ0) is 20.3. The number of rotatable bonds is 4. The average molecular weight is 414 g/mol. The zero-order valence-electron chi connectivity index (χ0n) is 16.4. The summed E-state index contributed by atoms with van der Waals surface area (Å²) in [4.78, 5) is 23.4. The molecule has 1 fully saturated rings. The third-order valence-electron chi connectivity index (χ3n) is 5.55. The second-order valence-corrected chi connectivity index (χ2v) is 8.02. The van der Waals surface area contributed by atoms with Crippen LogP contribution in [-0.2, 0) is 16.2 Å². The van der Waals surface area contributed by atoms with E-state index in [2.05, 4.69) is 10.5 Å². The molecule has 29 heavy (non-hydrogen) atoms. The fraction of sp³-hybridized carbons (Fsp3) is 0.364. The molecule has 0 bridgehead atoms. The minimum absolute atomic E-state index is 0.313. The Morgan fingerprint density at radius 1 is 1.21 bits per heavy atom. The number of hydrogen-bond acceptors (Lipinski definition) is 5. The predicted octanol–water partition coefficient (Wildman–Crippen LogP) is 4.45. The van der Waals surface area contributed by atoms with Gasteiger partial charge in [-0.15, -0.1) is 5.06 Å². The van der Waals surface area contributed by atoms with E-state index in [1.807, 2.05) is 55.5 Å². The van der Waals surface area contributed by atoms with E-state index in [-0.39, 0.29) is 5.60 Å². The van der Waals surface area contributed by atoms with E-state index in [4.69, 9.17) is 21.3 Å². The van der Waals surface area contributed by atoms with Gasteiger partial charge in [0.2, 0.25) is 0 Å². The van der Waals surface area contributed by atoms with E-state index in [0.29, 0.717) is 24.7 Å². The molecule has 2 aromatic rings. The largest absolute Gasteiger partial charge is 0.426 e. The molecule has 0 atom stereocenters. The predicted molar refractivity (Wildman–Crippen MR) is 112 cm³/mol. The van der Waals surface area contributed by atoms with E-state index in [0.717, 1.165) is 41.7 Å². The van der Waals surface area contributed by atoms with Crippen LogP contribution in [0.2, 0.25) is 5.02 Å². The topological polar surface area (TPSA) is 63.2 Å². The Bertz CT molecular complexity index is 906. The Kier molecular flexibility index (Phi) is 5.74. The molecule has 2 aliphatic heterocycles. The van der Waals surface area contributed by atoms with Crippen molar-refractivity contribution in [2.45, 2.75) is 38.3 Å². The molecular weight excluding hydrogens is 390 g/mol. The molecule has 0 unspecified atom stereocenters. The van der Waals surface area contributed by atoms with Crippen molar-refractivity contribution in [1.29, 1.82) is 0 Å². The van der Waals surface area contributed by atoms with Crippen LogP contribution in [0.3, 0.4) is 0 Å². The molecule has 152 valence electrons.